The maximum Gasteiger partial charge on any atom is 0.326 e. The lowest BCUT2D eigenvalue weighted by Crippen LogP contribution is -2.62. The molecule has 568 valence electrons. The quantitative estimate of drug-likeness (QED) is 0.0289. The molecule has 0 aromatic heterocycles. The number of hydrogen-bond donors (Lipinski definition) is 20. The largest absolute Gasteiger partial charge is 0.508 e. The van der Waals surface area contributed by atoms with Gasteiger partial charge < -0.3 is 101 Å². The molecule has 1 heterocycles. The van der Waals surface area contributed by atoms with Crippen molar-refractivity contribution in [1.29, 1.82) is 0 Å². The summed E-state index contributed by atoms with van der Waals surface area (Å²) in [5, 5.41) is 86.3. The van der Waals surface area contributed by atoms with Crippen LogP contribution in [0.3, 0.4) is 0 Å². The smallest absolute Gasteiger partial charge is 0.326 e. The SMILES string of the molecule is CC[C@H](C)[C@@H]1NC(=O)[C@H](Cc2ccc(O)cc2)NC(=O)[C@@H](NC(=O)[C@@H](N)Cc2ccccc2)CSSC[C@@H](C(=O)N[C@@H](Cc2ccc(O)cc2)C(=O)O)NC(=O)[C@H](CCC(N)=O)NC(=O)[C@H](CC(=O)O)NC(=O)[C@H](CCC(=O)O)NC(=O)[C@H](C(C)C)NC(=O)[C@H](CCC(=O)O)NC(=O)[C@H](CS)NC1=O. The minimum absolute atomic E-state index is 0.0477. The van der Waals surface area contributed by atoms with Crippen LogP contribution in [0.25, 0.3) is 0 Å². The predicted molar refractivity (Wildman–Crippen MR) is 378 cm³/mol. The Morgan fingerprint density at radius 2 is 0.962 bits per heavy atom. The van der Waals surface area contributed by atoms with Crippen LogP contribution in [-0.2, 0) is 96.0 Å². The number of hydrogen-bond acceptors (Lipinski definition) is 22. The summed E-state index contributed by atoms with van der Waals surface area (Å²) in [6.07, 6.45) is -6.37. The number of carbonyl (C=O) groups is 16. The number of aliphatic carboxylic acids is 4. The Balaban J connectivity index is 1.95. The van der Waals surface area contributed by atoms with Gasteiger partial charge in [0.1, 0.15) is 78.0 Å². The number of nitrogens with two attached hydrogens (primary N) is 2. The number of phenols is 2. The lowest BCUT2D eigenvalue weighted by atomic mass is 9.96. The van der Waals surface area contributed by atoms with Crippen LogP contribution in [0.15, 0.2) is 78.9 Å². The average molecular weight is 1510 g/mol. The minimum Gasteiger partial charge on any atom is -0.508 e. The fourth-order valence-electron chi connectivity index (χ4n) is 10.1. The zero-order valence-corrected chi connectivity index (χ0v) is 59.6. The molecule has 0 spiro atoms. The summed E-state index contributed by atoms with van der Waals surface area (Å²) in [4.78, 5) is 220. The first kappa shape index (κ1) is 86.2. The van der Waals surface area contributed by atoms with E-state index in [0.29, 0.717) is 16.7 Å². The van der Waals surface area contributed by atoms with Crippen LogP contribution in [-0.4, -0.2) is 215 Å². The van der Waals surface area contributed by atoms with E-state index in [1.807, 2.05) is 0 Å². The molecule has 13 atom stereocenters. The van der Waals surface area contributed by atoms with E-state index in [4.69, 9.17) is 11.5 Å². The Bertz CT molecular complexity index is 3540. The van der Waals surface area contributed by atoms with Crippen molar-refractivity contribution in [2.45, 2.75) is 171 Å². The van der Waals surface area contributed by atoms with Gasteiger partial charge in [0.15, 0.2) is 0 Å². The number of benzene rings is 3. The van der Waals surface area contributed by atoms with E-state index in [2.05, 4.69) is 71.1 Å². The molecule has 1 aliphatic heterocycles. The molecule has 0 unspecified atom stereocenters. The number of carboxylic acid groups (broad SMARTS) is 4. The van der Waals surface area contributed by atoms with Gasteiger partial charge in [-0.25, -0.2) is 4.79 Å². The molecule has 4 rings (SSSR count). The summed E-state index contributed by atoms with van der Waals surface area (Å²) < 4.78 is 0. The van der Waals surface area contributed by atoms with E-state index in [0.717, 1.165) is 21.6 Å². The lowest BCUT2D eigenvalue weighted by molar-refractivity contribution is -0.142. The van der Waals surface area contributed by atoms with Gasteiger partial charge in [-0.3, -0.25) is 71.9 Å². The van der Waals surface area contributed by atoms with Crippen LogP contribution in [0.2, 0.25) is 0 Å². The molecule has 0 bridgehead atoms. The van der Waals surface area contributed by atoms with Crippen LogP contribution < -0.4 is 70.0 Å². The van der Waals surface area contributed by atoms with Gasteiger partial charge in [-0.15, -0.1) is 0 Å². The van der Waals surface area contributed by atoms with Gasteiger partial charge in [-0.2, -0.15) is 12.6 Å². The van der Waals surface area contributed by atoms with Crippen molar-refractivity contribution in [3.8, 4) is 11.5 Å². The summed E-state index contributed by atoms with van der Waals surface area (Å²) in [5.74, 6) is -23.9. The number of primary amides is 1. The molecule has 1 fully saturated rings. The number of nitrogens with one attached hydrogen (secondary N) is 11. The second-order valence-corrected chi connectivity index (χ2v) is 27.7. The Hall–Kier alpha value is -10.2. The lowest BCUT2D eigenvalue weighted by Gasteiger charge is -2.30. The molecule has 38 heteroatoms. The zero-order chi connectivity index (χ0) is 77.5. The first-order valence-electron chi connectivity index (χ1n) is 32.8. The van der Waals surface area contributed by atoms with Crippen molar-refractivity contribution in [1.82, 2.24) is 58.5 Å². The maximum absolute atomic E-state index is 14.9. The Morgan fingerprint density at radius 3 is 1.48 bits per heavy atom. The molecule has 21 N–H and O–H groups in total. The third-order valence-corrected chi connectivity index (χ3v) is 19.0. The summed E-state index contributed by atoms with van der Waals surface area (Å²) in [6, 6.07) is -1.99. The second-order valence-electron chi connectivity index (χ2n) is 24.7. The Morgan fingerprint density at radius 1 is 0.519 bits per heavy atom. The van der Waals surface area contributed by atoms with Gasteiger partial charge in [0.05, 0.1) is 12.5 Å². The monoisotopic (exact) mass is 1510 g/mol. The number of aromatic hydroxyl groups is 2. The summed E-state index contributed by atoms with van der Waals surface area (Å²) >= 11 is 4.26. The topological polar surface area (TPSA) is 579 Å². The van der Waals surface area contributed by atoms with Gasteiger partial charge in [-0.05, 0) is 78.5 Å². The molecular weight excluding hydrogens is 1420 g/mol. The highest BCUT2D eigenvalue weighted by atomic mass is 33.1. The number of carbonyl (C=O) groups excluding carboxylic acids is 12. The fraction of sp³-hybridized carbons (Fsp3) is 0.485. The van der Waals surface area contributed by atoms with Crippen molar-refractivity contribution in [2.75, 3.05) is 17.3 Å². The highest BCUT2D eigenvalue weighted by molar-refractivity contribution is 8.76. The normalized spacial score (nSPS) is 22.9. The van der Waals surface area contributed by atoms with Gasteiger partial charge in [0, 0.05) is 49.4 Å². The minimum atomic E-state index is -2.22. The maximum atomic E-state index is 14.9. The molecule has 0 saturated carbocycles. The average Bonchev–Trinajstić information content (AvgIpc) is 0.854. The molecule has 3 aromatic carbocycles. The highest BCUT2D eigenvalue weighted by Gasteiger charge is 2.39. The fourth-order valence-corrected chi connectivity index (χ4v) is 12.7. The number of thiol groups is 1. The summed E-state index contributed by atoms with van der Waals surface area (Å²) in [7, 11) is 1.51. The van der Waals surface area contributed by atoms with E-state index >= 15 is 0 Å². The highest BCUT2D eigenvalue weighted by Crippen LogP contribution is 2.25. The molecule has 35 nitrogen and oxygen atoms in total. The van der Waals surface area contributed by atoms with Crippen molar-refractivity contribution in [3.05, 3.63) is 95.6 Å². The van der Waals surface area contributed by atoms with Gasteiger partial charge >= 0.3 is 23.9 Å². The first-order chi connectivity index (χ1) is 49.1. The number of amides is 12. The number of rotatable bonds is 26. The molecular formula is C66H89N13O22S3. The molecule has 0 radical (unpaired) electrons. The third kappa shape index (κ3) is 29.6. The molecule has 12 amide bonds. The Kier molecular flexibility index (Phi) is 35.7. The number of phenolic OH excluding ortho intramolecular Hbond substituents is 2. The van der Waals surface area contributed by atoms with Crippen LogP contribution in [0.1, 0.15) is 95.8 Å². The van der Waals surface area contributed by atoms with Gasteiger partial charge in [0.2, 0.25) is 70.9 Å². The van der Waals surface area contributed by atoms with Crippen LogP contribution in [0, 0.1) is 11.8 Å². The van der Waals surface area contributed by atoms with E-state index in [9.17, 15) is 107 Å². The third-order valence-electron chi connectivity index (χ3n) is 16.2. The van der Waals surface area contributed by atoms with Crippen molar-refractivity contribution in [3.63, 3.8) is 0 Å². The molecule has 1 saturated heterocycles. The van der Waals surface area contributed by atoms with E-state index in [1.165, 1.54) is 62.4 Å². The van der Waals surface area contributed by atoms with Crippen LogP contribution in [0.5, 0.6) is 11.5 Å². The first-order valence-corrected chi connectivity index (χ1v) is 35.9. The van der Waals surface area contributed by atoms with Crippen molar-refractivity contribution >= 4 is 129 Å². The van der Waals surface area contributed by atoms with Crippen molar-refractivity contribution < 1.29 is 107 Å². The molecule has 3 aromatic rings. The summed E-state index contributed by atoms with van der Waals surface area (Å²) in [6.45, 7) is 6.03. The predicted octanol–water partition coefficient (Wildman–Crippen LogP) is -2.63. The van der Waals surface area contributed by atoms with E-state index in [1.54, 1.807) is 44.2 Å². The van der Waals surface area contributed by atoms with Crippen LogP contribution >= 0.6 is 34.2 Å². The van der Waals surface area contributed by atoms with Crippen LogP contribution in [0.4, 0.5) is 0 Å². The molecule has 104 heavy (non-hydrogen) atoms. The number of carboxylic acids is 4. The zero-order valence-electron chi connectivity index (χ0n) is 57.1. The van der Waals surface area contributed by atoms with E-state index in [-0.39, 0.29) is 30.8 Å². The standard InChI is InChI=1S/C66H89N13O22S3/c1-5-33(4)54-65(99)75-46(29-102)61(95)70-42(21-24-51(85)86)58(92)78-53(32(2)3)64(98)71-41(20-23-50(83)84)56(90)73-44(28-52(87)88)59(93)69-40(19-22-49(68)82)57(91)77-48(63(97)74-45(66(100)101)27-36-13-17-38(81)18-14-36)31-104-103-30-47(76-55(89)39(67)25-34-9-7-6-8-10-34)62(96)72-43(60(94)79-54)26-35-11-15-37(80)16-12-35/h6-18,32-33,39-48,53-54,80-81,102H,5,19-31,67H2,1-4H3,(H2,68,82)(H,69,93)(H,70,95)(H,71,98)(H,72,96)(H,73,90)(H,74,97)(H,75,99)(H,76,89)(H,77,91)(H,78,92)(H,79,94)(H,83,84)(H,85,86)(H,87,88)(H,100,101)/t33-,39-,40-,41-,42-,43-,44-,45-,46-,47-,48-,53-,54-/m0/s1. The Labute approximate surface area is 610 Å². The van der Waals surface area contributed by atoms with Gasteiger partial charge in [-0.1, -0.05) is 110 Å². The summed E-state index contributed by atoms with van der Waals surface area (Å²) in [5.41, 5.74) is 13.1. The molecule has 1 aliphatic rings. The second kappa shape index (κ2) is 43.0. The van der Waals surface area contributed by atoms with E-state index < -0.39 is 248 Å². The molecule has 0 aliphatic carbocycles. The van der Waals surface area contributed by atoms with Crippen molar-refractivity contribution in [2.24, 2.45) is 23.3 Å². The van der Waals surface area contributed by atoms with Gasteiger partial charge in [0.25, 0.3) is 0 Å².